The average molecular weight is 221 g/mol. The van der Waals surface area contributed by atoms with Crippen molar-refractivity contribution in [2.24, 2.45) is 0 Å². The van der Waals surface area contributed by atoms with Gasteiger partial charge in [-0.2, -0.15) is 0 Å². The summed E-state index contributed by atoms with van der Waals surface area (Å²) in [7, 11) is 0. The van der Waals surface area contributed by atoms with E-state index >= 15 is 0 Å². The normalized spacial score (nSPS) is 14.4. The lowest BCUT2D eigenvalue weighted by molar-refractivity contribution is -0.139. The zero-order valence-electron chi connectivity index (χ0n) is 9.81. The molecular weight excluding hydrogens is 202 g/mol. The number of nitrogens with one attached hydrogen (secondary N) is 1. The van der Waals surface area contributed by atoms with Gasteiger partial charge in [0.15, 0.2) is 0 Å². The molecule has 1 unspecified atom stereocenters. The Kier molecular flexibility index (Phi) is 4.99. The average Bonchev–Trinajstić information content (AvgIpc) is 2.30. The van der Waals surface area contributed by atoms with Crippen molar-refractivity contribution in [2.75, 3.05) is 6.54 Å². The molecule has 16 heavy (non-hydrogen) atoms. The quantitative estimate of drug-likeness (QED) is 0.774. The third-order valence-electron chi connectivity index (χ3n) is 2.80. The minimum Gasteiger partial charge on any atom is -0.480 e. The van der Waals surface area contributed by atoms with Gasteiger partial charge in [0.1, 0.15) is 6.04 Å². The highest BCUT2D eigenvalue weighted by Crippen LogP contribution is 2.17. The Bertz CT molecular complexity index is 324. The van der Waals surface area contributed by atoms with Crippen molar-refractivity contribution in [3.8, 4) is 0 Å². The lowest BCUT2D eigenvalue weighted by Gasteiger charge is -2.18. The van der Waals surface area contributed by atoms with Gasteiger partial charge in [-0.25, -0.2) is 0 Å². The SMILES string of the molecule is CCC(CN[C@H](C)C(=O)O)c1ccccc1. The maximum absolute atomic E-state index is 10.7. The molecule has 0 spiro atoms. The summed E-state index contributed by atoms with van der Waals surface area (Å²) in [6.07, 6.45) is 1.00. The molecule has 88 valence electrons. The first-order chi connectivity index (χ1) is 7.65. The summed E-state index contributed by atoms with van der Waals surface area (Å²) in [5, 5.41) is 11.8. The van der Waals surface area contributed by atoms with Crippen molar-refractivity contribution in [3.05, 3.63) is 35.9 Å². The van der Waals surface area contributed by atoms with Gasteiger partial charge in [-0.15, -0.1) is 0 Å². The molecule has 2 atom stereocenters. The number of hydrogen-bond donors (Lipinski definition) is 2. The van der Waals surface area contributed by atoms with Crippen LogP contribution in [-0.2, 0) is 4.79 Å². The standard InChI is InChI=1S/C13H19NO2/c1-3-11(9-14-10(2)13(15)16)12-7-5-4-6-8-12/h4-8,10-11,14H,3,9H2,1-2H3,(H,15,16)/t10-,11?/m1/s1. The van der Waals surface area contributed by atoms with Crippen LogP contribution in [0.15, 0.2) is 30.3 Å². The molecule has 0 saturated carbocycles. The van der Waals surface area contributed by atoms with Gasteiger partial charge in [-0.3, -0.25) is 4.79 Å². The molecule has 1 aromatic rings. The summed E-state index contributed by atoms with van der Waals surface area (Å²) < 4.78 is 0. The van der Waals surface area contributed by atoms with E-state index in [-0.39, 0.29) is 0 Å². The van der Waals surface area contributed by atoms with E-state index in [1.165, 1.54) is 5.56 Å². The van der Waals surface area contributed by atoms with Crippen LogP contribution in [0.3, 0.4) is 0 Å². The minimum atomic E-state index is -0.803. The van der Waals surface area contributed by atoms with Crippen LogP contribution in [0.5, 0.6) is 0 Å². The van der Waals surface area contributed by atoms with Gasteiger partial charge in [-0.1, -0.05) is 37.3 Å². The van der Waals surface area contributed by atoms with E-state index in [2.05, 4.69) is 24.4 Å². The van der Waals surface area contributed by atoms with E-state index in [4.69, 9.17) is 5.11 Å². The maximum Gasteiger partial charge on any atom is 0.320 e. The third kappa shape index (κ3) is 3.66. The fraction of sp³-hybridized carbons (Fsp3) is 0.462. The van der Waals surface area contributed by atoms with Gasteiger partial charge in [-0.05, 0) is 24.8 Å². The summed E-state index contributed by atoms with van der Waals surface area (Å²) >= 11 is 0. The topological polar surface area (TPSA) is 49.3 Å². The highest BCUT2D eigenvalue weighted by atomic mass is 16.4. The maximum atomic E-state index is 10.7. The molecule has 1 rings (SSSR count). The van der Waals surface area contributed by atoms with Crippen LogP contribution in [0.4, 0.5) is 0 Å². The van der Waals surface area contributed by atoms with Crippen molar-refractivity contribution in [1.29, 1.82) is 0 Å². The molecule has 3 heteroatoms. The Morgan fingerprint density at radius 1 is 1.38 bits per heavy atom. The molecule has 0 saturated heterocycles. The van der Waals surface area contributed by atoms with Crippen LogP contribution >= 0.6 is 0 Å². The van der Waals surface area contributed by atoms with Crippen molar-refractivity contribution in [1.82, 2.24) is 5.32 Å². The van der Waals surface area contributed by atoms with E-state index in [1.54, 1.807) is 6.92 Å². The van der Waals surface area contributed by atoms with Crippen LogP contribution in [0, 0.1) is 0 Å². The van der Waals surface area contributed by atoms with Crippen molar-refractivity contribution < 1.29 is 9.90 Å². The largest absolute Gasteiger partial charge is 0.480 e. The van der Waals surface area contributed by atoms with Crippen molar-refractivity contribution in [2.45, 2.75) is 32.2 Å². The van der Waals surface area contributed by atoms with E-state index in [1.807, 2.05) is 18.2 Å². The highest BCUT2D eigenvalue weighted by molar-refractivity contribution is 5.72. The summed E-state index contributed by atoms with van der Waals surface area (Å²) in [4.78, 5) is 10.7. The fourth-order valence-electron chi connectivity index (χ4n) is 1.63. The number of benzene rings is 1. The number of carboxylic acids is 1. The lowest BCUT2D eigenvalue weighted by Crippen LogP contribution is -2.36. The van der Waals surface area contributed by atoms with Gasteiger partial charge >= 0.3 is 5.97 Å². The second-order valence-electron chi connectivity index (χ2n) is 3.98. The number of carbonyl (C=O) groups is 1. The molecule has 0 aromatic heterocycles. The number of carboxylic acid groups (broad SMARTS) is 1. The molecule has 0 radical (unpaired) electrons. The number of aliphatic carboxylic acids is 1. The van der Waals surface area contributed by atoms with E-state index in [0.717, 1.165) is 6.42 Å². The summed E-state index contributed by atoms with van der Waals surface area (Å²) in [6, 6.07) is 9.70. The molecule has 0 heterocycles. The van der Waals surface area contributed by atoms with E-state index in [9.17, 15) is 4.79 Å². The first-order valence-corrected chi connectivity index (χ1v) is 5.66. The Labute approximate surface area is 96.5 Å². The molecule has 0 aliphatic carbocycles. The Morgan fingerprint density at radius 3 is 2.50 bits per heavy atom. The summed E-state index contributed by atoms with van der Waals surface area (Å²) in [6.45, 7) is 4.48. The fourth-order valence-corrected chi connectivity index (χ4v) is 1.63. The van der Waals surface area contributed by atoms with Crippen molar-refractivity contribution in [3.63, 3.8) is 0 Å². The Balaban J connectivity index is 2.53. The zero-order valence-corrected chi connectivity index (χ0v) is 9.81. The van der Waals surface area contributed by atoms with Crippen LogP contribution in [0.25, 0.3) is 0 Å². The third-order valence-corrected chi connectivity index (χ3v) is 2.80. The van der Waals surface area contributed by atoms with Crippen LogP contribution in [-0.4, -0.2) is 23.7 Å². The first-order valence-electron chi connectivity index (χ1n) is 5.66. The summed E-state index contributed by atoms with van der Waals surface area (Å²) in [5.41, 5.74) is 1.26. The molecular formula is C13H19NO2. The zero-order chi connectivity index (χ0) is 12.0. The number of rotatable bonds is 6. The first kappa shape index (κ1) is 12.7. The monoisotopic (exact) mass is 221 g/mol. The predicted molar refractivity (Wildman–Crippen MR) is 64.6 cm³/mol. The van der Waals surface area contributed by atoms with Gasteiger partial charge in [0, 0.05) is 6.54 Å². The minimum absolute atomic E-state index is 0.378. The van der Waals surface area contributed by atoms with Crippen LogP contribution in [0.1, 0.15) is 31.7 Å². The van der Waals surface area contributed by atoms with E-state index < -0.39 is 12.0 Å². The molecule has 0 bridgehead atoms. The molecule has 3 nitrogen and oxygen atoms in total. The van der Waals surface area contributed by atoms with Gasteiger partial charge in [0.05, 0.1) is 0 Å². The second-order valence-corrected chi connectivity index (χ2v) is 3.98. The molecule has 0 aliphatic heterocycles. The molecule has 2 N–H and O–H groups in total. The van der Waals surface area contributed by atoms with Crippen LogP contribution < -0.4 is 5.32 Å². The van der Waals surface area contributed by atoms with E-state index in [0.29, 0.717) is 12.5 Å². The van der Waals surface area contributed by atoms with Crippen LogP contribution in [0.2, 0.25) is 0 Å². The lowest BCUT2D eigenvalue weighted by atomic mass is 9.96. The number of hydrogen-bond acceptors (Lipinski definition) is 2. The molecule has 1 aromatic carbocycles. The smallest absolute Gasteiger partial charge is 0.320 e. The second kappa shape index (κ2) is 6.28. The van der Waals surface area contributed by atoms with Gasteiger partial charge in [0.2, 0.25) is 0 Å². The van der Waals surface area contributed by atoms with Gasteiger partial charge in [0.25, 0.3) is 0 Å². The predicted octanol–water partition coefficient (Wildman–Crippen LogP) is 2.24. The Hall–Kier alpha value is -1.35. The molecule has 0 fully saturated rings. The highest BCUT2D eigenvalue weighted by Gasteiger charge is 2.13. The summed E-state index contributed by atoms with van der Waals surface area (Å²) in [5.74, 6) is -0.425. The Morgan fingerprint density at radius 2 is 2.00 bits per heavy atom. The molecule has 0 amide bonds. The van der Waals surface area contributed by atoms with Crippen molar-refractivity contribution >= 4 is 5.97 Å². The molecule has 0 aliphatic rings. The van der Waals surface area contributed by atoms with Gasteiger partial charge < -0.3 is 10.4 Å².